The molecule has 9 unspecified atom stereocenters. The minimum Gasteiger partial charge on any atom is -0.394 e. The molecule has 0 spiro atoms. The van der Waals surface area contributed by atoms with Crippen LogP contribution in [0.2, 0.25) is 0 Å². The van der Waals surface area contributed by atoms with Gasteiger partial charge in [-0.05, 0) is 38.5 Å². The number of amides is 1. The number of rotatable bonds is 37. The second-order valence-electron chi connectivity index (χ2n) is 16.1. The quantitative estimate of drug-likeness (QED) is 0.0243. The lowest BCUT2D eigenvalue weighted by Gasteiger charge is -2.40. The standard InChI is InChI=1S/C44H85NO10/c1-3-5-7-9-11-13-15-17-18-20-22-24-26-28-30-32-37(48)43(53)45-35(34-54-44-42(52)41(51)40(50)38(33-46)55-44)39(49)36(47)31-29-27-25-23-21-19-16-14-12-10-8-6-4-2/h23,25,35-42,44,46-52H,3-22,24,26-34H2,1-2H3,(H,45,53)/b25-23+. The highest BCUT2D eigenvalue weighted by Gasteiger charge is 2.44. The fraction of sp³-hybridized carbons (Fsp3) is 0.932. The molecule has 1 rings (SSSR count). The van der Waals surface area contributed by atoms with Gasteiger partial charge in [0.2, 0.25) is 5.91 Å². The van der Waals surface area contributed by atoms with Crippen LogP contribution in [0, 0.1) is 0 Å². The van der Waals surface area contributed by atoms with Crippen molar-refractivity contribution in [1.82, 2.24) is 5.32 Å². The molecule has 0 aromatic rings. The molecule has 0 aromatic carbocycles. The summed E-state index contributed by atoms with van der Waals surface area (Å²) in [6.45, 7) is 3.41. The molecule has 1 fully saturated rings. The van der Waals surface area contributed by atoms with Crippen LogP contribution >= 0.6 is 0 Å². The number of aliphatic hydroxyl groups is 7. The van der Waals surface area contributed by atoms with E-state index in [1.165, 1.54) is 116 Å². The Hall–Kier alpha value is -1.15. The van der Waals surface area contributed by atoms with Gasteiger partial charge in [-0.2, -0.15) is 0 Å². The Labute approximate surface area is 334 Å². The maximum atomic E-state index is 13.0. The fourth-order valence-corrected chi connectivity index (χ4v) is 7.26. The molecule has 1 aliphatic heterocycles. The number of nitrogens with one attached hydrogen (secondary N) is 1. The van der Waals surface area contributed by atoms with Crippen LogP contribution in [0.1, 0.15) is 194 Å². The van der Waals surface area contributed by atoms with Crippen molar-refractivity contribution < 1.29 is 50.0 Å². The van der Waals surface area contributed by atoms with Crippen LogP contribution in [0.15, 0.2) is 12.2 Å². The van der Waals surface area contributed by atoms with Crippen molar-refractivity contribution in [1.29, 1.82) is 0 Å². The van der Waals surface area contributed by atoms with Crippen molar-refractivity contribution in [3.05, 3.63) is 12.2 Å². The molecule has 1 saturated heterocycles. The number of allylic oxidation sites excluding steroid dienone is 2. The highest BCUT2D eigenvalue weighted by Crippen LogP contribution is 2.23. The van der Waals surface area contributed by atoms with Crippen molar-refractivity contribution in [3.8, 4) is 0 Å². The fourth-order valence-electron chi connectivity index (χ4n) is 7.26. The maximum absolute atomic E-state index is 13.0. The van der Waals surface area contributed by atoms with E-state index in [4.69, 9.17) is 9.47 Å². The van der Waals surface area contributed by atoms with Gasteiger partial charge in [-0.15, -0.1) is 0 Å². The zero-order valence-corrected chi connectivity index (χ0v) is 34.9. The smallest absolute Gasteiger partial charge is 0.249 e. The van der Waals surface area contributed by atoms with Crippen molar-refractivity contribution in [2.24, 2.45) is 0 Å². The Morgan fingerprint density at radius 2 is 1.07 bits per heavy atom. The van der Waals surface area contributed by atoms with Gasteiger partial charge in [0.1, 0.15) is 36.6 Å². The Kier molecular flexibility index (Phi) is 32.9. The van der Waals surface area contributed by atoms with E-state index >= 15 is 0 Å². The van der Waals surface area contributed by atoms with Crippen LogP contribution < -0.4 is 5.32 Å². The molecular weight excluding hydrogens is 702 g/mol. The van der Waals surface area contributed by atoms with Gasteiger partial charge in [-0.25, -0.2) is 0 Å². The molecule has 9 atom stereocenters. The van der Waals surface area contributed by atoms with Gasteiger partial charge in [0, 0.05) is 0 Å². The number of ether oxygens (including phenoxy) is 2. The summed E-state index contributed by atoms with van der Waals surface area (Å²) in [5.41, 5.74) is 0. The molecule has 326 valence electrons. The Balaban J connectivity index is 2.49. The Bertz CT molecular complexity index is 908. The van der Waals surface area contributed by atoms with Crippen LogP contribution in [0.5, 0.6) is 0 Å². The summed E-state index contributed by atoms with van der Waals surface area (Å²) < 4.78 is 11.1. The van der Waals surface area contributed by atoms with E-state index in [1.807, 2.05) is 0 Å². The SMILES string of the molecule is CCCCCCCCCC/C=C/CCCC(O)C(O)C(COC1OC(CO)C(O)C(O)C1O)NC(=O)C(O)CCCCCCCCCCCCCCCCC. The van der Waals surface area contributed by atoms with E-state index in [-0.39, 0.29) is 12.8 Å². The summed E-state index contributed by atoms with van der Waals surface area (Å²) in [6.07, 6.45) is 24.0. The van der Waals surface area contributed by atoms with Crippen LogP contribution in [0.25, 0.3) is 0 Å². The first-order chi connectivity index (χ1) is 26.7. The zero-order chi connectivity index (χ0) is 40.5. The van der Waals surface area contributed by atoms with Gasteiger partial charge in [0.05, 0.1) is 25.4 Å². The second kappa shape index (κ2) is 34.9. The zero-order valence-electron chi connectivity index (χ0n) is 34.9. The molecule has 11 nitrogen and oxygen atoms in total. The molecule has 0 aliphatic carbocycles. The summed E-state index contributed by atoms with van der Waals surface area (Å²) in [4.78, 5) is 13.0. The average Bonchev–Trinajstić information content (AvgIpc) is 3.18. The summed E-state index contributed by atoms with van der Waals surface area (Å²) in [5.74, 6) is -0.706. The molecule has 0 aromatic heterocycles. The normalized spacial score (nSPS) is 22.5. The van der Waals surface area contributed by atoms with Gasteiger partial charge in [-0.1, -0.05) is 167 Å². The lowest BCUT2D eigenvalue weighted by Crippen LogP contribution is -2.60. The molecule has 0 saturated carbocycles. The number of unbranched alkanes of at least 4 members (excludes halogenated alkanes) is 23. The van der Waals surface area contributed by atoms with Gasteiger partial charge >= 0.3 is 0 Å². The van der Waals surface area contributed by atoms with E-state index < -0.39 is 74.2 Å². The molecule has 0 radical (unpaired) electrons. The van der Waals surface area contributed by atoms with Crippen LogP contribution in [0.3, 0.4) is 0 Å². The number of carbonyl (C=O) groups excluding carboxylic acids is 1. The third kappa shape index (κ3) is 25.1. The van der Waals surface area contributed by atoms with Gasteiger partial charge in [0.25, 0.3) is 0 Å². The van der Waals surface area contributed by atoms with Crippen molar-refractivity contribution >= 4 is 5.91 Å². The Morgan fingerprint density at radius 3 is 1.56 bits per heavy atom. The highest BCUT2D eigenvalue weighted by molar-refractivity contribution is 5.80. The first kappa shape index (κ1) is 51.9. The van der Waals surface area contributed by atoms with E-state index in [1.54, 1.807) is 0 Å². The van der Waals surface area contributed by atoms with Crippen LogP contribution in [-0.4, -0.2) is 110 Å². The largest absolute Gasteiger partial charge is 0.394 e. The molecule has 1 heterocycles. The van der Waals surface area contributed by atoms with E-state index in [2.05, 4.69) is 31.3 Å². The monoisotopic (exact) mass is 788 g/mol. The number of hydrogen-bond acceptors (Lipinski definition) is 10. The topological polar surface area (TPSA) is 189 Å². The predicted molar refractivity (Wildman–Crippen MR) is 219 cm³/mol. The number of aliphatic hydroxyl groups excluding tert-OH is 7. The lowest BCUT2D eigenvalue weighted by atomic mass is 9.98. The molecule has 0 bridgehead atoms. The lowest BCUT2D eigenvalue weighted by molar-refractivity contribution is -0.303. The highest BCUT2D eigenvalue weighted by atomic mass is 16.7. The van der Waals surface area contributed by atoms with Crippen LogP contribution in [-0.2, 0) is 14.3 Å². The second-order valence-corrected chi connectivity index (χ2v) is 16.1. The summed E-state index contributed by atoms with van der Waals surface area (Å²) in [6, 6.07) is -1.18. The predicted octanol–water partition coefficient (Wildman–Crippen LogP) is 6.89. The summed E-state index contributed by atoms with van der Waals surface area (Å²) >= 11 is 0. The minimum absolute atomic E-state index is 0.258. The van der Waals surface area contributed by atoms with E-state index in [9.17, 15) is 40.5 Å². The van der Waals surface area contributed by atoms with Crippen molar-refractivity contribution in [2.45, 2.75) is 249 Å². The van der Waals surface area contributed by atoms with E-state index in [0.29, 0.717) is 12.8 Å². The van der Waals surface area contributed by atoms with E-state index in [0.717, 1.165) is 38.5 Å². The van der Waals surface area contributed by atoms with Gasteiger partial charge in [-0.3, -0.25) is 4.79 Å². The van der Waals surface area contributed by atoms with Crippen molar-refractivity contribution in [3.63, 3.8) is 0 Å². The number of carbonyl (C=O) groups is 1. The molecule has 1 amide bonds. The third-order valence-corrected chi connectivity index (χ3v) is 11.1. The first-order valence-corrected chi connectivity index (χ1v) is 22.6. The summed E-state index contributed by atoms with van der Waals surface area (Å²) in [7, 11) is 0. The van der Waals surface area contributed by atoms with Crippen LogP contribution in [0.4, 0.5) is 0 Å². The molecule has 8 N–H and O–H groups in total. The third-order valence-electron chi connectivity index (χ3n) is 11.1. The molecule has 11 heteroatoms. The summed E-state index contributed by atoms with van der Waals surface area (Å²) in [5, 5.41) is 75.5. The molecule has 55 heavy (non-hydrogen) atoms. The minimum atomic E-state index is -1.66. The Morgan fingerprint density at radius 1 is 0.618 bits per heavy atom. The van der Waals surface area contributed by atoms with Gasteiger partial charge in [0.15, 0.2) is 6.29 Å². The molecular formula is C44H85NO10. The maximum Gasteiger partial charge on any atom is 0.249 e. The average molecular weight is 788 g/mol. The molecule has 1 aliphatic rings. The first-order valence-electron chi connectivity index (χ1n) is 22.6. The number of hydrogen-bond donors (Lipinski definition) is 8. The van der Waals surface area contributed by atoms with Gasteiger partial charge < -0.3 is 50.5 Å². The van der Waals surface area contributed by atoms with Crippen molar-refractivity contribution in [2.75, 3.05) is 13.2 Å².